The van der Waals surface area contributed by atoms with Crippen LogP contribution < -0.4 is 0 Å². The Balaban J connectivity index is 1.76. The largest absolute Gasteiger partial charge is 0.396 e. The Morgan fingerprint density at radius 1 is 1.05 bits per heavy atom. The summed E-state index contributed by atoms with van der Waals surface area (Å²) in [6.07, 6.45) is 0.340. The van der Waals surface area contributed by atoms with Gasteiger partial charge < -0.3 is 35.0 Å². The van der Waals surface area contributed by atoms with Gasteiger partial charge in [-0.25, -0.2) is 0 Å². The van der Waals surface area contributed by atoms with E-state index in [0.29, 0.717) is 0 Å². The minimum Gasteiger partial charge on any atom is -0.396 e. The molecule has 1 saturated carbocycles. The van der Waals surface area contributed by atoms with Crippen molar-refractivity contribution in [1.82, 2.24) is 0 Å². The second-order valence-corrected chi connectivity index (χ2v) is 5.88. The van der Waals surface area contributed by atoms with Crippen LogP contribution in [0.5, 0.6) is 0 Å². The number of unbranched alkanes of at least 4 members (excludes halogenated alkanes) is 3. The van der Waals surface area contributed by atoms with Crippen LogP contribution in [-0.2, 0) is 9.47 Å². The van der Waals surface area contributed by atoms with Crippen LogP contribution in [0, 0.1) is 0 Å². The molecule has 2 fully saturated rings. The van der Waals surface area contributed by atoms with E-state index in [1.165, 1.54) is 0 Å². The van der Waals surface area contributed by atoms with Crippen molar-refractivity contribution >= 4 is 0 Å². The molecule has 0 unspecified atom stereocenters. The van der Waals surface area contributed by atoms with Crippen LogP contribution in [0.1, 0.15) is 32.1 Å². The first-order chi connectivity index (χ1) is 10.6. The van der Waals surface area contributed by atoms with Crippen molar-refractivity contribution < 1.29 is 35.0 Å². The van der Waals surface area contributed by atoms with E-state index in [9.17, 15) is 15.3 Å². The van der Waals surface area contributed by atoms with Gasteiger partial charge in [-0.3, -0.25) is 0 Å². The molecule has 6 atom stereocenters. The molecule has 5 N–H and O–H groups in total. The van der Waals surface area contributed by atoms with Crippen molar-refractivity contribution in [3.05, 3.63) is 11.6 Å². The first kappa shape index (κ1) is 17.8. The molecule has 1 aliphatic heterocycles. The SMILES string of the molecule is OCCCCCC=C1C[C@H]1O[C@@H]1O[C@H](CO)[C@@H](O)[C@H](O)[C@H]1O. The Hall–Kier alpha value is -0.540. The minimum atomic E-state index is -1.40. The summed E-state index contributed by atoms with van der Waals surface area (Å²) in [4.78, 5) is 0. The summed E-state index contributed by atoms with van der Waals surface area (Å²) >= 11 is 0. The van der Waals surface area contributed by atoms with Gasteiger partial charge in [0.15, 0.2) is 6.29 Å². The van der Waals surface area contributed by atoms with Crippen LogP contribution in [0.25, 0.3) is 0 Å². The minimum absolute atomic E-state index is 0.140. The molecule has 2 rings (SSSR count). The van der Waals surface area contributed by atoms with E-state index in [4.69, 9.17) is 19.7 Å². The lowest BCUT2D eigenvalue weighted by atomic mass is 9.99. The van der Waals surface area contributed by atoms with Gasteiger partial charge in [0.1, 0.15) is 24.4 Å². The van der Waals surface area contributed by atoms with Crippen LogP contribution in [0.4, 0.5) is 0 Å². The molecule has 1 heterocycles. The van der Waals surface area contributed by atoms with Gasteiger partial charge in [0.2, 0.25) is 0 Å². The zero-order valence-electron chi connectivity index (χ0n) is 12.5. The highest BCUT2D eigenvalue weighted by molar-refractivity contribution is 5.26. The number of ether oxygens (including phenoxy) is 2. The van der Waals surface area contributed by atoms with Crippen LogP contribution in [0.2, 0.25) is 0 Å². The molecule has 0 amide bonds. The third-order valence-electron chi connectivity index (χ3n) is 4.09. The molecule has 0 aromatic rings. The zero-order chi connectivity index (χ0) is 16.1. The maximum Gasteiger partial charge on any atom is 0.187 e. The average molecular weight is 318 g/mol. The molecule has 22 heavy (non-hydrogen) atoms. The predicted octanol–water partition coefficient (Wildman–Crippen LogP) is -0.946. The summed E-state index contributed by atoms with van der Waals surface area (Å²) < 4.78 is 10.9. The lowest BCUT2D eigenvalue weighted by Gasteiger charge is -2.39. The monoisotopic (exact) mass is 318 g/mol. The molecule has 0 aromatic heterocycles. The average Bonchev–Trinajstić information content (AvgIpc) is 3.25. The van der Waals surface area contributed by atoms with E-state index in [1.54, 1.807) is 0 Å². The standard InChI is InChI=1S/C15H26O7/c16-6-4-2-1-3-5-9-7-10(9)21-15-14(20)13(19)12(18)11(8-17)22-15/h5,10-20H,1-4,6-8H2/t10-,11-,12-,13+,14-,15-/m1/s1. The van der Waals surface area contributed by atoms with Gasteiger partial charge in [-0.2, -0.15) is 0 Å². The molecule has 0 radical (unpaired) electrons. The quantitative estimate of drug-likeness (QED) is 0.289. The fourth-order valence-electron chi connectivity index (χ4n) is 2.57. The Morgan fingerprint density at radius 3 is 2.50 bits per heavy atom. The second-order valence-electron chi connectivity index (χ2n) is 5.88. The smallest absolute Gasteiger partial charge is 0.187 e. The molecule has 0 bridgehead atoms. The number of hydrogen-bond acceptors (Lipinski definition) is 7. The third kappa shape index (κ3) is 4.48. The van der Waals surface area contributed by atoms with Crippen molar-refractivity contribution in [2.24, 2.45) is 0 Å². The van der Waals surface area contributed by atoms with E-state index in [-0.39, 0.29) is 12.7 Å². The van der Waals surface area contributed by atoms with Crippen LogP contribution in [0.3, 0.4) is 0 Å². The fraction of sp³-hybridized carbons (Fsp3) is 0.867. The van der Waals surface area contributed by atoms with E-state index in [1.807, 2.05) is 0 Å². The Labute approximate surface area is 129 Å². The first-order valence-corrected chi connectivity index (χ1v) is 7.84. The maximum absolute atomic E-state index is 9.87. The number of rotatable bonds is 8. The third-order valence-corrected chi connectivity index (χ3v) is 4.09. The van der Waals surface area contributed by atoms with Crippen molar-refractivity contribution in [1.29, 1.82) is 0 Å². The summed E-state index contributed by atoms with van der Waals surface area (Å²) in [5.41, 5.74) is 1.13. The molecule has 7 heteroatoms. The van der Waals surface area contributed by atoms with Crippen molar-refractivity contribution in [2.45, 2.75) is 68.9 Å². The van der Waals surface area contributed by atoms with Gasteiger partial charge in [0.25, 0.3) is 0 Å². The lowest BCUT2D eigenvalue weighted by molar-refractivity contribution is -0.302. The number of allylic oxidation sites excluding steroid dienone is 1. The summed E-state index contributed by atoms with van der Waals surface area (Å²) in [7, 11) is 0. The number of aliphatic hydroxyl groups is 5. The predicted molar refractivity (Wildman–Crippen MR) is 76.9 cm³/mol. The molecule has 1 saturated heterocycles. The van der Waals surface area contributed by atoms with Crippen LogP contribution >= 0.6 is 0 Å². The van der Waals surface area contributed by atoms with E-state index >= 15 is 0 Å². The summed E-state index contributed by atoms with van der Waals surface area (Å²) in [6.45, 7) is -0.234. The zero-order valence-corrected chi connectivity index (χ0v) is 12.5. The van der Waals surface area contributed by atoms with Crippen LogP contribution in [-0.4, -0.2) is 75.6 Å². The molecule has 7 nitrogen and oxygen atoms in total. The van der Waals surface area contributed by atoms with Gasteiger partial charge in [-0.05, 0) is 24.8 Å². The van der Waals surface area contributed by atoms with E-state index < -0.39 is 37.3 Å². The Kier molecular flexibility index (Phi) is 6.76. The molecule has 0 aromatic carbocycles. The summed E-state index contributed by atoms with van der Waals surface area (Å²) in [5.74, 6) is 0. The fourth-order valence-corrected chi connectivity index (χ4v) is 2.57. The molecular weight excluding hydrogens is 292 g/mol. The molecule has 128 valence electrons. The van der Waals surface area contributed by atoms with Gasteiger partial charge in [-0.1, -0.05) is 12.5 Å². The summed E-state index contributed by atoms with van der Waals surface area (Å²) in [5, 5.41) is 47.0. The highest BCUT2D eigenvalue weighted by Gasteiger charge is 2.46. The number of aliphatic hydroxyl groups excluding tert-OH is 5. The maximum atomic E-state index is 9.87. The van der Waals surface area contributed by atoms with Gasteiger partial charge >= 0.3 is 0 Å². The van der Waals surface area contributed by atoms with Crippen LogP contribution in [0.15, 0.2) is 11.6 Å². The van der Waals surface area contributed by atoms with E-state index in [0.717, 1.165) is 37.7 Å². The molecule has 0 spiro atoms. The van der Waals surface area contributed by atoms with Gasteiger partial charge in [0.05, 0.1) is 12.7 Å². The Bertz CT molecular complexity index is 371. The van der Waals surface area contributed by atoms with Crippen molar-refractivity contribution in [3.63, 3.8) is 0 Å². The van der Waals surface area contributed by atoms with Crippen molar-refractivity contribution in [3.8, 4) is 0 Å². The topological polar surface area (TPSA) is 120 Å². The second kappa shape index (κ2) is 8.35. The molecule has 1 aliphatic carbocycles. The highest BCUT2D eigenvalue weighted by atomic mass is 16.7. The molecule has 2 aliphatic rings. The molecular formula is C15H26O7. The van der Waals surface area contributed by atoms with Crippen molar-refractivity contribution in [2.75, 3.05) is 13.2 Å². The van der Waals surface area contributed by atoms with Gasteiger partial charge in [-0.15, -0.1) is 0 Å². The lowest BCUT2D eigenvalue weighted by Crippen LogP contribution is -2.59. The Morgan fingerprint density at radius 2 is 1.82 bits per heavy atom. The van der Waals surface area contributed by atoms with Gasteiger partial charge in [0, 0.05) is 13.0 Å². The summed E-state index contributed by atoms with van der Waals surface area (Å²) in [6, 6.07) is 0. The normalized spacial score (nSPS) is 40.1. The first-order valence-electron chi connectivity index (χ1n) is 7.84. The number of hydrogen-bond donors (Lipinski definition) is 5. The van der Waals surface area contributed by atoms with E-state index in [2.05, 4.69) is 6.08 Å². The highest BCUT2D eigenvalue weighted by Crippen LogP contribution is 2.36.